The zero-order valence-electron chi connectivity index (χ0n) is 27.2. The number of aliphatic hydroxyl groups excluding tert-OH is 2. The van der Waals surface area contributed by atoms with Crippen molar-refractivity contribution in [2.45, 2.75) is 137 Å². The van der Waals surface area contributed by atoms with E-state index in [1.54, 1.807) is 0 Å². The SMILES string of the molecule is CC(=O)OC1CC2(C)C(CCC3C4(C)CCC(O)C(C)C4C(OC(=O)C4CC4)C(O)C32C)/C1=C(\CCCC(C)C)C(=O)O. The highest BCUT2D eigenvalue weighted by atomic mass is 16.6. The lowest BCUT2D eigenvalue weighted by Gasteiger charge is -2.70. The molecule has 0 aromatic carbocycles. The van der Waals surface area contributed by atoms with Gasteiger partial charge in [-0.05, 0) is 97.9 Å². The Morgan fingerprint density at radius 1 is 1.00 bits per heavy atom. The number of hydrogen-bond donors (Lipinski definition) is 3. The molecule has 5 aliphatic rings. The molecule has 0 aromatic heterocycles. The predicted molar refractivity (Wildman–Crippen MR) is 161 cm³/mol. The van der Waals surface area contributed by atoms with E-state index in [0.717, 1.165) is 44.9 Å². The third kappa shape index (κ3) is 5.16. The van der Waals surface area contributed by atoms with Gasteiger partial charge < -0.3 is 24.8 Å². The van der Waals surface area contributed by atoms with E-state index in [4.69, 9.17) is 9.47 Å². The fourth-order valence-corrected chi connectivity index (χ4v) is 10.7. The Labute approximate surface area is 257 Å². The highest BCUT2D eigenvalue weighted by Crippen LogP contribution is 2.74. The quantitative estimate of drug-likeness (QED) is 0.239. The van der Waals surface area contributed by atoms with Crippen LogP contribution >= 0.6 is 0 Å². The number of esters is 2. The van der Waals surface area contributed by atoms with Gasteiger partial charge in [-0.2, -0.15) is 0 Å². The maximum Gasteiger partial charge on any atom is 0.331 e. The minimum absolute atomic E-state index is 0.0543. The molecule has 0 aromatic rings. The van der Waals surface area contributed by atoms with Crippen molar-refractivity contribution in [2.24, 2.45) is 51.8 Å². The lowest BCUT2D eigenvalue weighted by molar-refractivity contribution is -0.288. The number of rotatable bonds is 8. The molecule has 11 atom stereocenters. The summed E-state index contributed by atoms with van der Waals surface area (Å²) in [7, 11) is 0. The van der Waals surface area contributed by atoms with Crippen LogP contribution in [0.15, 0.2) is 11.1 Å². The van der Waals surface area contributed by atoms with Crippen molar-refractivity contribution < 1.29 is 39.2 Å². The summed E-state index contributed by atoms with van der Waals surface area (Å²) in [4.78, 5) is 38.4. The average molecular weight is 603 g/mol. The van der Waals surface area contributed by atoms with Crippen LogP contribution in [0.5, 0.6) is 0 Å². The van der Waals surface area contributed by atoms with Gasteiger partial charge in [0, 0.05) is 23.8 Å². The minimum Gasteiger partial charge on any atom is -0.478 e. The van der Waals surface area contributed by atoms with Gasteiger partial charge in [0.05, 0.1) is 18.1 Å². The summed E-state index contributed by atoms with van der Waals surface area (Å²) in [5.41, 5.74) is -0.596. The molecule has 0 bridgehead atoms. The van der Waals surface area contributed by atoms with Crippen LogP contribution in [0, 0.1) is 51.8 Å². The molecule has 0 aliphatic heterocycles. The number of carbonyl (C=O) groups is 3. The van der Waals surface area contributed by atoms with E-state index >= 15 is 0 Å². The van der Waals surface area contributed by atoms with Gasteiger partial charge in [0.15, 0.2) is 0 Å². The average Bonchev–Trinajstić information content (AvgIpc) is 3.72. The standard InChI is InChI=1S/C35H54O8/c1-18(2)9-8-10-22(31(39)40)27-23-13-14-26-33(5)16-15-24(37)19(3)28(33)29(43-32(41)21-11-12-21)30(38)35(26,7)34(23,6)17-25(27)42-20(4)36/h18-19,21,23-26,28-30,37-38H,8-17H2,1-7H3,(H,39,40)/b27-22-. The van der Waals surface area contributed by atoms with Gasteiger partial charge >= 0.3 is 17.9 Å². The molecule has 11 unspecified atom stereocenters. The number of hydrogen-bond acceptors (Lipinski definition) is 7. The smallest absolute Gasteiger partial charge is 0.331 e. The van der Waals surface area contributed by atoms with E-state index in [1.807, 2.05) is 6.92 Å². The fourth-order valence-electron chi connectivity index (χ4n) is 10.7. The van der Waals surface area contributed by atoms with Crippen LogP contribution in [-0.2, 0) is 23.9 Å². The molecule has 0 amide bonds. The number of aliphatic hydroxyl groups is 2. The van der Waals surface area contributed by atoms with Crippen molar-refractivity contribution >= 4 is 17.9 Å². The van der Waals surface area contributed by atoms with Gasteiger partial charge in [0.2, 0.25) is 0 Å². The van der Waals surface area contributed by atoms with Gasteiger partial charge in [0.1, 0.15) is 12.2 Å². The van der Waals surface area contributed by atoms with Crippen molar-refractivity contribution in [1.82, 2.24) is 0 Å². The zero-order chi connectivity index (χ0) is 31.6. The van der Waals surface area contributed by atoms with Crippen LogP contribution < -0.4 is 0 Å². The van der Waals surface area contributed by atoms with Crippen molar-refractivity contribution in [3.05, 3.63) is 11.1 Å². The van der Waals surface area contributed by atoms with Gasteiger partial charge in [-0.25, -0.2) is 4.79 Å². The van der Waals surface area contributed by atoms with E-state index < -0.39 is 47.2 Å². The molecule has 3 N–H and O–H groups in total. The number of carbonyl (C=O) groups excluding carboxylic acids is 2. The monoisotopic (exact) mass is 602 g/mol. The summed E-state index contributed by atoms with van der Waals surface area (Å²) < 4.78 is 12.2. The molecule has 43 heavy (non-hydrogen) atoms. The molecule has 5 fully saturated rings. The minimum atomic E-state index is -1.01. The van der Waals surface area contributed by atoms with Crippen LogP contribution in [0.25, 0.3) is 0 Å². The van der Waals surface area contributed by atoms with E-state index in [9.17, 15) is 29.7 Å². The first-order valence-corrected chi connectivity index (χ1v) is 16.8. The number of carboxylic acids is 1. The molecule has 5 rings (SSSR count). The zero-order valence-corrected chi connectivity index (χ0v) is 27.2. The molecule has 5 saturated carbocycles. The van der Waals surface area contributed by atoms with Crippen molar-refractivity contribution in [1.29, 1.82) is 0 Å². The molecule has 5 aliphatic carbocycles. The molecule has 8 heteroatoms. The second-order valence-electron chi connectivity index (χ2n) is 15.8. The van der Waals surface area contributed by atoms with Crippen LogP contribution in [0.4, 0.5) is 0 Å². The third-order valence-electron chi connectivity index (χ3n) is 13.1. The maximum atomic E-state index is 13.2. The summed E-state index contributed by atoms with van der Waals surface area (Å²) in [5.74, 6) is -1.82. The largest absolute Gasteiger partial charge is 0.478 e. The van der Waals surface area contributed by atoms with Gasteiger partial charge in [-0.1, -0.05) is 48.0 Å². The topological polar surface area (TPSA) is 130 Å². The van der Waals surface area contributed by atoms with Crippen LogP contribution in [0.3, 0.4) is 0 Å². The van der Waals surface area contributed by atoms with Crippen LogP contribution in [0.2, 0.25) is 0 Å². The lowest BCUT2D eigenvalue weighted by Crippen LogP contribution is -2.72. The first-order valence-electron chi connectivity index (χ1n) is 16.8. The number of fused-ring (bicyclic) bond motifs is 5. The van der Waals surface area contributed by atoms with Gasteiger partial charge in [-0.3, -0.25) is 9.59 Å². The Kier molecular flexibility index (Phi) is 8.65. The van der Waals surface area contributed by atoms with Crippen molar-refractivity contribution in [3.63, 3.8) is 0 Å². The summed E-state index contributed by atoms with van der Waals surface area (Å²) in [6.07, 6.45) is 4.02. The Morgan fingerprint density at radius 3 is 2.26 bits per heavy atom. The molecule has 8 nitrogen and oxygen atoms in total. The molecule has 0 saturated heterocycles. The third-order valence-corrected chi connectivity index (χ3v) is 13.1. The summed E-state index contributed by atoms with van der Waals surface area (Å²) in [5, 5.41) is 34.0. The van der Waals surface area contributed by atoms with E-state index in [0.29, 0.717) is 36.3 Å². The number of ether oxygens (including phenoxy) is 2. The molecule has 0 heterocycles. The Hall–Kier alpha value is -1.93. The van der Waals surface area contributed by atoms with E-state index in [2.05, 4.69) is 34.6 Å². The second-order valence-corrected chi connectivity index (χ2v) is 15.8. The highest BCUT2D eigenvalue weighted by Gasteiger charge is 2.74. The van der Waals surface area contributed by atoms with Gasteiger partial charge in [-0.15, -0.1) is 0 Å². The second kappa shape index (κ2) is 11.5. The maximum absolute atomic E-state index is 13.2. The molecule has 0 radical (unpaired) electrons. The molecular weight excluding hydrogens is 548 g/mol. The molecule has 0 spiro atoms. The van der Waals surface area contributed by atoms with Gasteiger partial charge in [0.25, 0.3) is 0 Å². The number of carboxylic acid groups (broad SMARTS) is 1. The summed E-state index contributed by atoms with van der Waals surface area (Å²) in [6.45, 7) is 14.2. The normalized spacial score (nSPS) is 45.1. The Balaban J connectivity index is 1.63. The first-order chi connectivity index (χ1) is 20.1. The highest BCUT2D eigenvalue weighted by molar-refractivity contribution is 5.88. The van der Waals surface area contributed by atoms with Crippen LogP contribution in [-0.4, -0.2) is 57.6 Å². The first kappa shape index (κ1) is 32.5. The Morgan fingerprint density at radius 2 is 1.67 bits per heavy atom. The molecule has 242 valence electrons. The molecular formula is C35H54O8. The van der Waals surface area contributed by atoms with Crippen LogP contribution in [0.1, 0.15) is 113 Å². The fraction of sp³-hybridized carbons (Fsp3) is 0.857. The number of aliphatic carboxylic acids is 1. The predicted octanol–water partition coefficient (Wildman–Crippen LogP) is 5.68. The van der Waals surface area contributed by atoms with E-state index in [-0.39, 0.29) is 41.0 Å². The van der Waals surface area contributed by atoms with Crippen molar-refractivity contribution in [3.8, 4) is 0 Å². The summed E-state index contributed by atoms with van der Waals surface area (Å²) >= 11 is 0. The lowest BCUT2D eigenvalue weighted by atomic mass is 9.35. The van der Waals surface area contributed by atoms with Crippen molar-refractivity contribution in [2.75, 3.05) is 0 Å². The van der Waals surface area contributed by atoms with E-state index in [1.165, 1.54) is 6.92 Å². The Bertz CT molecular complexity index is 1160. The summed E-state index contributed by atoms with van der Waals surface area (Å²) in [6, 6.07) is 0.